The van der Waals surface area contributed by atoms with E-state index in [9.17, 15) is 8.68 Å². The predicted molar refractivity (Wildman–Crippen MR) is 14.9 cm³/mol. The Kier molecular flexibility index (Phi) is 1.51. The summed E-state index contributed by atoms with van der Waals surface area (Å²) in [6.07, 6.45) is 0. The topological polar surface area (TPSA) is 0 Å². The van der Waals surface area contributed by atoms with Crippen molar-refractivity contribution in [1.29, 1.82) is 0 Å². The Hall–Kier alpha value is 0.580. The zero-order chi connectivity index (χ0) is 4.50. The molecule has 0 amide bonds. The van der Waals surface area contributed by atoms with E-state index in [-0.39, 0.29) is 0 Å². The molecule has 0 radical (unpaired) electrons. The van der Waals surface area contributed by atoms with E-state index in [1.54, 1.807) is 0 Å². The minimum atomic E-state index is -5.52. The molecule has 0 N–H and O–H groups in total. The Bertz CT molecular complexity index is 22.4. The molecule has 0 atom stereocenters. The average Bonchev–Trinajstić information content (AvgIpc) is 0.722. The molecule has 0 heterocycles. The molecule has 5 heavy (non-hydrogen) atoms. The van der Waals surface area contributed by atoms with Gasteiger partial charge in [0.25, 0.3) is 0 Å². The molecule has 4 heteroatoms. The summed E-state index contributed by atoms with van der Waals surface area (Å²) in [5.74, 6) is 0. The second-order valence-corrected chi connectivity index (χ2v) is 4.28. The van der Waals surface area contributed by atoms with Gasteiger partial charge >= 0.3 is 33.5 Å². The Morgan fingerprint density at radius 2 is 1.20 bits per heavy atom. The van der Waals surface area contributed by atoms with Crippen molar-refractivity contribution in [1.82, 2.24) is 0 Å². The van der Waals surface area contributed by atoms with Crippen LogP contribution in [0.1, 0.15) is 0 Å². The number of hydrogen-bond donors (Lipinski definition) is 0. The van der Waals surface area contributed by atoms with E-state index in [0.29, 0.717) is 4.97 Å². The van der Waals surface area contributed by atoms with Crippen LogP contribution >= 0.6 is 0 Å². The van der Waals surface area contributed by atoms with Gasteiger partial charge < -0.3 is 0 Å². The third kappa shape index (κ3) is 90.7. The molecular formula is CH3F3Te. The van der Waals surface area contributed by atoms with Gasteiger partial charge in [0.1, 0.15) is 0 Å². The molecule has 0 aliphatic carbocycles. The van der Waals surface area contributed by atoms with Crippen LogP contribution in [0.2, 0.25) is 4.97 Å². The molecule has 0 bridgehead atoms. The Labute approximate surface area is 34.1 Å². The third-order valence-corrected chi connectivity index (χ3v) is 0. The van der Waals surface area contributed by atoms with E-state index in [1.165, 1.54) is 0 Å². The molecule has 0 saturated carbocycles. The first-order valence-electron chi connectivity index (χ1n) is 0.871. The van der Waals surface area contributed by atoms with Crippen LogP contribution in [-0.2, 0) is 0 Å². The van der Waals surface area contributed by atoms with Gasteiger partial charge in [-0.1, -0.05) is 0 Å². The number of rotatable bonds is 0. The van der Waals surface area contributed by atoms with Crippen molar-refractivity contribution in [2.24, 2.45) is 0 Å². The van der Waals surface area contributed by atoms with Crippen LogP contribution < -0.4 is 0 Å². The molecule has 0 aromatic rings. The molecule has 0 rings (SSSR count). The molecule has 0 spiro atoms. The average molecular weight is 200 g/mol. The van der Waals surface area contributed by atoms with Crippen molar-refractivity contribution in [2.75, 3.05) is 0 Å². The van der Waals surface area contributed by atoms with Gasteiger partial charge in [0, 0.05) is 0 Å². The van der Waals surface area contributed by atoms with Gasteiger partial charge in [-0.25, -0.2) is 0 Å². The van der Waals surface area contributed by atoms with E-state index >= 15 is 0 Å². The molecule has 0 aromatic heterocycles. The van der Waals surface area contributed by atoms with Crippen molar-refractivity contribution in [3.8, 4) is 0 Å². The predicted octanol–water partition coefficient (Wildman–Crippen LogP) is 1.46. The van der Waals surface area contributed by atoms with Gasteiger partial charge in [-0.3, -0.25) is 0 Å². The minimum absolute atomic E-state index is 0.377. The Balaban J connectivity index is 3.02. The summed E-state index contributed by atoms with van der Waals surface area (Å²) >= 11 is -5.52. The summed E-state index contributed by atoms with van der Waals surface area (Å²) in [4.78, 5) is 0.377. The van der Waals surface area contributed by atoms with Gasteiger partial charge in [0.2, 0.25) is 0 Å². The molecule has 0 aromatic carbocycles. The van der Waals surface area contributed by atoms with Crippen molar-refractivity contribution in [3.63, 3.8) is 0 Å². The van der Waals surface area contributed by atoms with Crippen LogP contribution in [0.5, 0.6) is 0 Å². The van der Waals surface area contributed by atoms with Crippen molar-refractivity contribution in [2.45, 2.75) is 4.97 Å². The fourth-order valence-corrected chi connectivity index (χ4v) is 0. The van der Waals surface area contributed by atoms with Gasteiger partial charge in [0.15, 0.2) is 0 Å². The second kappa shape index (κ2) is 1.36. The fourth-order valence-electron chi connectivity index (χ4n) is 0. The first kappa shape index (κ1) is 5.58. The summed E-state index contributed by atoms with van der Waals surface area (Å²) in [6, 6.07) is 0. The summed E-state index contributed by atoms with van der Waals surface area (Å²) in [7, 11) is 0. The standard InChI is InChI=1S/CH3F3Te/c1-5(2,3)4/h1H3. The van der Waals surface area contributed by atoms with E-state index in [0.717, 1.165) is 0 Å². The van der Waals surface area contributed by atoms with Gasteiger partial charge in [-0.05, 0) is 0 Å². The van der Waals surface area contributed by atoms with Gasteiger partial charge in [0.05, 0.1) is 0 Å². The van der Waals surface area contributed by atoms with Crippen LogP contribution in [0, 0.1) is 0 Å². The number of hydrogen-bond acceptors (Lipinski definition) is 0. The molecule has 0 saturated heterocycles. The van der Waals surface area contributed by atoms with E-state index < -0.39 is 19.9 Å². The zero-order valence-corrected chi connectivity index (χ0v) is 4.87. The molecule has 34 valence electrons. The third-order valence-electron chi connectivity index (χ3n) is 0. The summed E-state index contributed by atoms with van der Waals surface area (Å²) in [5, 5.41) is 0. The molecule has 0 aliphatic heterocycles. The molecule has 0 aliphatic rings. The quantitative estimate of drug-likeness (QED) is 0.519. The van der Waals surface area contributed by atoms with Gasteiger partial charge in [-0.15, -0.1) is 0 Å². The fraction of sp³-hybridized carbons (Fsp3) is 1.00. The first-order valence-corrected chi connectivity index (χ1v) is 5.84. The monoisotopic (exact) mass is 202 g/mol. The Morgan fingerprint density at radius 1 is 1.20 bits per heavy atom. The van der Waals surface area contributed by atoms with Crippen molar-refractivity contribution < 1.29 is 8.68 Å². The van der Waals surface area contributed by atoms with Crippen LogP contribution in [0.3, 0.4) is 0 Å². The molecule has 0 unspecified atom stereocenters. The summed E-state index contributed by atoms with van der Waals surface area (Å²) in [5.41, 5.74) is 0. The van der Waals surface area contributed by atoms with E-state index in [4.69, 9.17) is 0 Å². The second-order valence-electron chi connectivity index (χ2n) is 0.638. The van der Waals surface area contributed by atoms with E-state index in [2.05, 4.69) is 0 Å². The molecule has 0 fully saturated rings. The van der Waals surface area contributed by atoms with Crippen molar-refractivity contribution >= 4 is 19.9 Å². The first-order chi connectivity index (χ1) is 2.00. The van der Waals surface area contributed by atoms with Gasteiger partial charge in [-0.2, -0.15) is 0 Å². The van der Waals surface area contributed by atoms with E-state index in [1.807, 2.05) is 0 Å². The maximum absolute atomic E-state index is 10.5. The van der Waals surface area contributed by atoms with Crippen molar-refractivity contribution in [3.05, 3.63) is 0 Å². The Morgan fingerprint density at radius 3 is 1.20 bits per heavy atom. The van der Waals surface area contributed by atoms with Crippen LogP contribution in [0.4, 0.5) is 8.68 Å². The molecular weight excluding hydrogens is 197 g/mol. The van der Waals surface area contributed by atoms with Crippen LogP contribution in [-0.4, -0.2) is 19.9 Å². The summed E-state index contributed by atoms with van der Waals surface area (Å²) < 4.78 is 31.6. The number of halogens is 3. The zero-order valence-electron chi connectivity index (χ0n) is 2.54. The van der Waals surface area contributed by atoms with Crippen LogP contribution in [0.15, 0.2) is 0 Å². The van der Waals surface area contributed by atoms with Crippen LogP contribution in [0.25, 0.3) is 0 Å². The SMILES string of the molecule is C[Te](F)(F)F. The normalized spacial score (nSPS) is 15.2. The maximum atomic E-state index is 10.5. The summed E-state index contributed by atoms with van der Waals surface area (Å²) in [6.45, 7) is 0. The molecule has 0 nitrogen and oxygen atoms in total.